The number of amides is 1. The van der Waals surface area contributed by atoms with Gasteiger partial charge in [0.25, 0.3) is 0 Å². The van der Waals surface area contributed by atoms with E-state index in [1.54, 1.807) is 30.6 Å². The van der Waals surface area contributed by atoms with Crippen LogP contribution in [-0.2, 0) is 23.2 Å². The molecule has 3 atom stereocenters. The molecule has 11 heteroatoms. The minimum atomic E-state index is -4.55. The van der Waals surface area contributed by atoms with E-state index in [1.165, 1.54) is 19.1 Å². The molecule has 4 heterocycles. The number of hydrogen-bond acceptors (Lipinski definition) is 6. The number of hydrogen-bond donors (Lipinski definition) is 3. The standard InChI is InChI=1S/C30H30F3N5O3/c1-29(41,19-3-2-4-21(14-19)30(31,32)33)20-6-9-23(18(13-20)16-39)25-26-27(34)35-11-12-37(26)28(36-25)17-5-7-22-8-10-24(40)38(22)15-17/h2-4,6,9,11-14,17,22,39,41H,5,7-8,10,15-16H2,1H3,(H2,34,35)/t17-,22+,29+/m1/s1. The number of piperidine rings is 1. The fourth-order valence-corrected chi connectivity index (χ4v) is 6.26. The Morgan fingerprint density at radius 1 is 1.07 bits per heavy atom. The highest BCUT2D eigenvalue weighted by Crippen LogP contribution is 2.40. The van der Waals surface area contributed by atoms with E-state index >= 15 is 0 Å². The van der Waals surface area contributed by atoms with Crippen molar-refractivity contribution in [2.45, 2.75) is 63.0 Å². The van der Waals surface area contributed by atoms with Crippen molar-refractivity contribution in [3.63, 3.8) is 0 Å². The Morgan fingerprint density at radius 3 is 2.59 bits per heavy atom. The van der Waals surface area contributed by atoms with E-state index in [4.69, 9.17) is 10.7 Å². The molecule has 2 aromatic heterocycles. The molecule has 2 aliphatic heterocycles. The first-order valence-electron chi connectivity index (χ1n) is 13.6. The maximum atomic E-state index is 13.3. The van der Waals surface area contributed by atoms with Crippen LogP contribution in [0.3, 0.4) is 0 Å². The number of aromatic nitrogens is 3. The Bertz CT molecular complexity index is 1650. The minimum Gasteiger partial charge on any atom is -0.392 e. The number of nitrogens with two attached hydrogens (primary N) is 1. The summed E-state index contributed by atoms with van der Waals surface area (Å²) in [6, 6.07) is 9.70. The number of benzene rings is 2. The molecule has 2 aromatic carbocycles. The van der Waals surface area contributed by atoms with Gasteiger partial charge in [0.05, 0.1) is 12.2 Å². The van der Waals surface area contributed by atoms with Gasteiger partial charge in [-0.2, -0.15) is 13.2 Å². The van der Waals surface area contributed by atoms with Gasteiger partial charge >= 0.3 is 6.18 Å². The quantitative estimate of drug-likeness (QED) is 0.325. The number of halogens is 3. The van der Waals surface area contributed by atoms with E-state index in [9.17, 15) is 28.2 Å². The molecule has 0 bridgehead atoms. The van der Waals surface area contributed by atoms with Gasteiger partial charge in [-0.15, -0.1) is 0 Å². The molecule has 4 aromatic rings. The third-order valence-corrected chi connectivity index (χ3v) is 8.54. The predicted octanol–water partition coefficient (Wildman–Crippen LogP) is 4.61. The minimum absolute atomic E-state index is 0.0187. The Kier molecular flexibility index (Phi) is 6.54. The summed E-state index contributed by atoms with van der Waals surface area (Å²) in [6.07, 6.45) is 2.02. The Morgan fingerprint density at radius 2 is 1.83 bits per heavy atom. The van der Waals surface area contributed by atoms with Crippen LogP contribution in [0.5, 0.6) is 0 Å². The van der Waals surface area contributed by atoms with Gasteiger partial charge in [-0.05, 0) is 61.1 Å². The van der Waals surface area contributed by atoms with Crippen LogP contribution < -0.4 is 5.73 Å². The molecule has 0 radical (unpaired) electrons. The summed E-state index contributed by atoms with van der Waals surface area (Å²) in [4.78, 5) is 23.7. The van der Waals surface area contributed by atoms with E-state index in [-0.39, 0.29) is 29.2 Å². The Labute approximate surface area is 234 Å². The summed E-state index contributed by atoms with van der Waals surface area (Å²) < 4.78 is 41.9. The smallest absolute Gasteiger partial charge is 0.392 e. The van der Waals surface area contributed by atoms with Gasteiger partial charge in [-0.3, -0.25) is 9.20 Å². The first-order chi connectivity index (χ1) is 19.5. The highest BCUT2D eigenvalue weighted by Gasteiger charge is 2.39. The lowest BCUT2D eigenvalue weighted by Gasteiger charge is -2.34. The van der Waals surface area contributed by atoms with Gasteiger partial charge in [0.1, 0.15) is 28.5 Å². The van der Waals surface area contributed by atoms with Crippen LogP contribution >= 0.6 is 0 Å². The number of carbonyl (C=O) groups is 1. The molecule has 2 aliphatic rings. The molecule has 4 N–H and O–H groups in total. The SMILES string of the molecule is C[C@](O)(c1cccc(C(F)(F)F)c1)c1ccc(-c2nc([C@@H]3CC[C@H]4CCC(=O)N4C3)n3ccnc(N)c23)c(CO)c1. The highest BCUT2D eigenvalue weighted by atomic mass is 19.4. The first-order valence-corrected chi connectivity index (χ1v) is 13.6. The number of rotatable bonds is 5. The van der Waals surface area contributed by atoms with Gasteiger partial charge in [0.2, 0.25) is 5.91 Å². The monoisotopic (exact) mass is 565 g/mol. The summed E-state index contributed by atoms with van der Waals surface area (Å²) in [6.45, 7) is 1.57. The number of carbonyl (C=O) groups excluding carboxylic acids is 1. The fourth-order valence-electron chi connectivity index (χ4n) is 6.26. The molecule has 41 heavy (non-hydrogen) atoms. The van der Waals surface area contributed by atoms with Crippen molar-refractivity contribution in [2.75, 3.05) is 12.3 Å². The number of nitrogens with zero attached hydrogens (tertiary/aromatic N) is 4. The average Bonchev–Trinajstić information content (AvgIpc) is 3.53. The molecular weight excluding hydrogens is 535 g/mol. The zero-order chi connectivity index (χ0) is 29.1. The number of fused-ring (bicyclic) bond motifs is 2. The maximum absolute atomic E-state index is 13.3. The van der Waals surface area contributed by atoms with Crippen LogP contribution in [0, 0.1) is 0 Å². The summed E-state index contributed by atoms with van der Waals surface area (Å²) in [5.74, 6) is 1.13. The molecule has 214 valence electrons. The van der Waals surface area contributed by atoms with E-state index in [1.807, 2.05) is 9.30 Å². The molecule has 0 aliphatic carbocycles. The second kappa shape index (κ2) is 9.85. The van der Waals surface area contributed by atoms with Crippen LogP contribution in [-0.4, -0.2) is 48.0 Å². The molecular formula is C30H30F3N5O3. The van der Waals surface area contributed by atoms with Gasteiger partial charge < -0.3 is 20.8 Å². The third kappa shape index (κ3) is 4.62. The largest absolute Gasteiger partial charge is 0.416 e. The van der Waals surface area contributed by atoms with E-state index in [0.717, 1.165) is 37.2 Å². The maximum Gasteiger partial charge on any atom is 0.416 e. The van der Waals surface area contributed by atoms with E-state index < -0.39 is 23.9 Å². The van der Waals surface area contributed by atoms with Crippen LogP contribution in [0.25, 0.3) is 16.8 Å². The normalized spacial score (nSPS) is 20.8. The molecule has 2 saturated heterocycles. The summed E-state index contributed by atoms with van der Waals surface area (Å²) in [5.41, 5.74) is 6.11. The lowest BCUT2D eigenvalue weighted by atomic mass is 9.85. The van der Waals surface area contributed by atoms with Gasteiger partial charge in [-0.25, -0.2) is 9.97 Å². The van der Waals surface area contributed by atoms with Crippen LogP contribution in [0.4, 0.5) is 19.0 Å². The molecule has 8 nitrogen and oxygen atoms in total. The van der Waals surface area contributed by atoms with Gasteiger partial charge in [-0.1, -0.05) is 24.3 Å². The summed E-state index contributed by atoms with van der Waals surface area (Å²) >= 11 is 0. The van der Waals surface area contributed by atoms with Crippen molar-refractivity contribution < 1.29 is 28.2 Å². The average molecular weight is 566 g/mol. The fraction of sp³-hybridized carbons (Fsp3) is 0.367. The zero-order valence-corrected chi connectivity index (χ0v) is 22.4. The number of aliphatic hydroxyl groups excluding tert-OH is 1. The van der Waals surface area contributed by atoms with Crippen molar-refractivity contribution in [1.82, 2.24) is 19.3 Å². The summed E-state index contributed by atoms with van der Waals surface area (Å²) in [7, 11) is 0. The molecule has 2 fully saturated rings. The van der Waals surface area contributed by atoms with Crippen LogP contribution in [0.2, 0.25) is 0 Å². The molecule has 1 amide bonds. The zero-order valence-electron chi connectivity index (χ0n) is 22.4. The molecule has 0 unspecified atom stereocenters. The van der Waals surface area contributed by atoms with Crippen molar-refractivity contribution in [3.8, 4) is 11.3 Å². The molecule has 0 saturated carbocycles. The third-order valence-electron chi connectivity index (χ3n) is 8.54. The van der Waals surface area contributed by atoms with E-state index in [0.29, 0.717) is 40.9 Å². The number of anilines is 1. The van der Waals surface area contributed by atoms with Crippen molar-refractivity contribution >= 4 is 17.2 Å². The van der Waals surface area contributed by atoms with Gasteiger partial charge in [0, 0.05) is 42.9 Å². The second-order valence-corrected chi connectivity index (χ2v) is 11.0. The Balaban J connectivity index is 1.42. The lowest BCUT2D eigenvalue weighted by molar-refractivity contribution is -0.137. The molecule has 6 rings (SSSR count). The highest BCUT2D eigenvalue weighted by molar-refractivity contribution is 5.87. The first kappa shape index (κ1) is 27.2. The number of nitrogen functional groups attached to an aromatic ring is 1. The topological polar surface area (TPSA) is 117 Å². The second-order valence-electron chi connectivity index (χ2n) is 11.0. The lowest BCUT2D eigenvalue weighted by Crippen LogP contribution is -2.41. The Hall–Kier alpha value is -3.96. The number of aliphatic hydroxyl groups is 2. The van der Waals surface area contributed by atoms with Crippen molar-refractivity contribution in [3.05, 3.63) is 82.9 Å². The number of alkyl halides is 3. The van der Waals surface area contributed by atoms with Crippen LogP contribution in [0.15, 0.2) is 54.9 Å². The summed E-state index contributed by atoms with van der Waals surface area (Å²) in [5, 5.41) is 21.7. The van der Waals surface area contributed by atoms with E-state index in [2.05, 4.69) is 4.98 Å². The van der Waals surface area contributed by atoms with Crippen molar-refractivity contribution in [2.24, 2.45) is 0 Å². The number of imidazole rings is 1. The van der Waals surface area contributed by atoms with Crippen molar-refractivity contribution in [1.29, 1.82) is 0 Å². The predicted molar refractivity (Wildman–Crippen MR) is 146 cm³/mol. The van der Waals surface area contributed by atoms with Gasteiger partial charge in [0.15, 0.2) is 0 Å². The molecule has 0 spiro atoms. The van der Waals surface area contributed by atoms with Crippen LogP contribution in [0.1, 0.15) is 66.6 Å².